The van der Waals surface area contributed by atoms with Gasteiger partial charge in [0.25, 0.3) is 0 Å². The molecule has 0 bridgehead atoms. The maximum atomic E-state index is 11.4. The van der Waals surface area contributed by atoms with Gasteiger partial charge in [0.1, 0.15) is 10.1 Å². The topological polar surface area (TPSA) is 110 Å². The van der Waals surface area contributed by atoms with Crippen LogP contribution in [-0.2, 0) is 9.13 Å². The zero-order valence-corrected chi connectivity index (χ0v) is 18.4. The molecule has 0 saturated carbocycles. The summed E-state index contributed by atoms with van der Waals surface area (Å²) in [6, 6.07) is 5.90. The molecule has 0 fully saturated rings. The zero-order valence-electron chi connectivity index (χ0n) is 11.0. The molecule has 2 atom stereocenters. The SMILES string of the molecule is CSc1ccc(OP(=O)([O-])C(=S)P(=O)([O-])O)cc1.[Na+].[Na+]. The van der Waals surface area contributed by atoms with Crippen molar-refractivity contribution in [2.75, 3.05) is 6.26 Å². The third-order valence-corrected chi connectivity index (χ3v) is 6.76. The summed E-state index contributed by atoms with van der Waals surface area (Å²) in [4.78, 5) is 31.5. The summed E-state index contributed by atoms with van der Waals surface area (Å²) in [6.07, 6.45) is 1.84. The minimum absolute atomic E-state index is 0. The number of benzene rings is 1. The van der Waals surface area contributed by atoms with Gasteiger partial charge in [-0.25, -0.2) is 0 Å². The first-order chi connectivity index (χ1) is 8.16. The van der Waals surface area contributed by atoms with Crippen molar-refractivity contribution >= 4 is 43.5 Å². The third kappa shape index (κ3) is 7.38. The van der Waals surface area contributed by atoms with Crippen LogP contribution in [0.3, 0.4) is 0 Å². The molecule has 6 nitrogen and oxygen atoms in total. The molecule has 0 heterocycles. The van der Waals surface area contributed by atoms with Crippen molar-refractivity contribution < 1.29 is 87.4 Å². The fraction of sp³-hybridized carbons (Fsp3) is 0.125. The number of thioether (sulfide) groups is 1. The van der Waals surface area contributed by atoms with Crippen molar-refractivity contribution in [1.82, 2.24) is 0 Å². The molecule has 0 amide bonds. The molecule has 0 aliphatic rings. The van der Waals surface area contributed by atoms with Gasteiger partial charge in [-0.1, -0.05) is 12.2 Å². The van der Waals surface area contributed by atoms with E-state index < -0.39 is 19.5 Å². The van der Waals surface area contributed by atoms with Crippen molar-refractivity contribution in [3.8, 4) is 5.75 Å². The molecule has 0 saturated heterocycles. The molecule has 1 N–H and O–H groups in total. The third-order valence-electron chi connectivity index (χ3n) is 1.76. The van der Waals surface area contributed by atoms with Crippen LogP contribution in [0.2, 0.25) is 0 Å². The van der Waals surface area contributed by atoms with E-state index in [1.807, 2.05) is 6.26 Å². The Kier molecular flexibility index (Phi) is 11.8. The molecule has 1 aromatic carbocycles. The van der Waals surface area contributed by atoms with Crippen molar-refractivity contribution in [1.29, 1.82) is 0 Å². The van der Waals surface area contributed by atoms with Crippen LogP contribution in [0.25, 0.3) is 0 Å². The normalized spacial score (nSPS) is 15.8. The van der Waals surface area contributed by atoms with Gasteiger partial charge in [-0.05, 0) is 30.5 Å². The average Bonchev–Trinajstić information content (AvgIpc) is 2.27. The monoisotopic (exact) mass is 372 g/mol. The predicted molar refractivity (Wildman–Crippen MR) is 68.9 cm³/mol. The Morgan fingerprint density at radius 1 is 1.25 bits per heavy atom. The minimum atomic E-state index is -5.25. The second-order valence-electron chi connectivity index (χ2n) is 3.07. The fourth-order valence-electron chi connectivity index (χ4n) is 0.969. The van der Waals surface area contributed by atoms with Crippen LogP contribution in [0.15, 0.2) is 29.2 Å². The van der Waals surface area contributed by atoms with Gasteiger partial charge in [-0.2, -0.15) is 0 Å². The largest absolute Gasteiger partial charge is 1.00 e. The number of rotatable bonds is 5. The van der Waals surface area contributed by atoms with Crippen LogP contribution in [0.1, 0.15) is 0 Å². The molecule has 12 heteroatoms. The molecular formula is C8H8Na2O6P2S2. The quantitative estimate of drug-likeness (QED) is 0.237. The number of thiocarbonyl (C=S) groups is 1. The summed E-state index contributed by atoms with van der Waals surface area (Å²) in [7, 11) is -10.3. The molecule has 20 heavy (non-hydrogen) atoms. The Bertz CT molecular complexity index is 546. The minimum Gasteiger partial charge on any atom is -0.774 e. The summed E-state index contributed by atoms with van der Waals surface area (Å²) in [5, 5.41) is 0. The van der Waals surface area contributed by atoms with E-state index in [2.05, 4.69) is 16.7 Å². The van der Waals surface area contributed by atoms with E-state index in [1.54, 1.807) is 12.1 Å². The maximum Gasteiger partial charge on any atom is 1.00 e. The molecule has 0 aliphatic carbocycles. The van der Waals surface area contributed by atoms with E-state index in [0.29, 0.717) is 0 Å². The van der Waals surface area contributed by atoms with Crippen LogP contribution in [0.5, 0.6) is 5.75 Å². The smallest absolute Gasteiger partial charge is 0.774 e. The fourth-order valence-corrected chi connectivity index (χ4v) is 3.33. The summed E-state index contributed by atoms with van der Waals surface area (Å²) < 4.78 is 25.1. The molecule has 100 valence electrons. The van der Waals surface area contributed by atoms with Crippen molar-refractivity contribution in [3.05, 3.63) is 24.3 Å². The maximum absolute atomic E-state index is 11.4. The first-order valence-electron chi connectivity index (χ1n) is 4.40. The van der Waals surface area contributed by atoms with E-state index in [-0.39, 0.29) is 64.9 Å². The van der Waals surface area contributed by atoms with E-state index in [4.69, 9.17) is 4.89 Å². The Labute approximate surface area is 170 Å². The Morgan fingerprint density at radius 3 is 2.05 bits per heavy atom. The van der Waals surface area contributed by atoms with Gasteiger partial charge in [-0.15, -0.1) is 11.8 Å². The first-order valence-corrected chi connectivity index (χ1v) is 9.16. The van der Waals surface area contributed by atoms with E-state index in [9.17, 15) is 18.9 Å². The molecule has 0 aromatic heterocycles. The van der Waals surface area contributed by atoms with Gasteiger partial charge < -0.3 is 23.8 Å². The van der Waals surface area contributed by atoms with Gasteiger partial charge in [0.05, 0.1) is 0 Å². The average molecular weight is 372 g/mol. The van der Waals surface area contributed by atoms with Gasteiger partial charge in [0.2, 0.25) is 7.60 Å². The zero-order chi connectivity index (χ0) is 14.0. The van der Waals surface area contributed by atoms with Crippen LogP contribution in [0.4, 0.5) is 0 Å². The second kappa shape index (κ2) is 9.83. The summed E-state index contributed by atoms with van der Waals surface area (Å²) in [5.41, 5.74) is 0. The Hall–Kier alpha value is 1.80. The molecule has 0 aliphatic heterocycles. The molecule has 0 spiro atoms. The predicted octanol–water partition coefficient (Wildman–Crippen LogP) is -4.82. The standard InChI is InChI=1S/C8H10O6P2S2.2Na/c1-18-7-4-2-6(3-5-7)14-16(12,13)8(17)15(9,10)11;;/h2-5H,1H3,(H,12,13)(H2,9,10,11);;/q;2*+1/p-2. The van der Waals surface area contributed by atoms with Gasteiger partial charge >= 0.3 is 59.1 Å². The Morgan fingerprint density at radius 2 is 1.70 bits per heavy atom. The number of hydrogen-bond acceptors (Lipinski definition) is 7. The molecular weight excluding hydrogens is 364 g/mol. The molecule has 0 radical (unpaired) electrons. The van der Waals surface area contributed by atoms with E-state index in [1.165, 1.54) is 23.9 Å². The number of hydrogen-bond donors (Lipinski definition) is 1. The van der Waals surface area contributed by atoms with Crippen molar-refractivity contribution in [3.63, 3.8) is 0 Å². The van der Waals surface area contributed by atoms with Crippen LogP contribution >= 0.6 is 39.2 Å². The van der Waals surface area contributed by atoms with Gasteiger partial charge in [0.15, 0.2) is 7.60 Å². The van der Waals surface area contributed by atoms with Crippen LogP contribution in [-0.4, -0.2) is 15.5 Å². The summed E-state index contributed by atoms with van der Waals surface area (Å²) in [6.45, 7) is 0. The molecule has 2 unspecified atom stereocenters. The van der Waals surface area contributed by atoms with Crippen LogP contribution < -0.4 is 73.4 Å². The Balaban J connectivity index is 0. The van der Waals surface area contributed by atoms with Crippen molar-refractivity contribution in [2.45, 2.75) is 4.90 Å². The van der Waals surface area contributed by atoms with Gasteiger partial charge in [-0.3, -0.25) is 4.57 Å². The van der Waals surface area contributed by atoms with E-state index >= 15 is 0 Å². The first kappa shape index (κ1) is 24.1. The summed E-state index contributed by atoms with van der Waals surface area (Å²) in [5.74, 6) is -0.0815. The second-order valence-corrected chi connectivity index (χ2v) is 8.43. The molecule has 1 aromatic rings. The van der Waals surface area contributed by atoms with Crippen molar-refractivity contribution in [2.24, 2.45) is 0 Å². The van der Waals surface area contributed by atoms with Gasteiger partial charge in [0, 0.05) is 4.90 Å². The molecule has 1 rings (SSSR count). The van der Waals surface area contributed by atoms with Crippen LogP contribution in [0, 0.1) is 0 Å². The van der Waals surface area contributed by atoms with E-state index in [0.717, 1.165) is 4.90 Å². The summed E-state index contributed by atoms with van der Waals surface area (Å²) >= 11 is 5.59.